The van der Waals surface area contributed by atoms with Crippen molar-refractivity contribution in [3.8, 4) is 0 Å². The van der Waals surface area contributed by atoms with E-state index in [1.165, 1.54) is 27.3 Å². The summed E-state index contributed by atoms with van der Waals surface area (Å²) in [5.74, 6) is 0.524. The summed E-state index contributed by atoms with van der Waals surface area (Å²) in [6.07, 6.45) is 1.93. The number of rotatable bonds is 5. The summed E-state index contributed by atoms with van der Waals surface area (Å²) in [6.45, 7) is 2.05. The summed E-state index contributed by atoms with van der Waals surface area (Å²) < 4.78 is 2.73. The molecule has 0 aromatic heterocycles. The highest BCUT2D eigenvalue weighted by molar-refractivity contribution is 8.75. The van der Waals surface area contributed by atoms with Gasteiger partial charge in [-0.2, -0.15) is 0 Å². The average Bonchev–Trinajstić information content (AvgIpc) is 2.25. The van der Waals surface area contributed by atoms with E-state index in [4.69, 9.17) is 0 Å². The molecule has 1 N–H and O–H groups in total. The number of aryl methyl sites for hydroxylation is 1. The van der Waals surface area contributed by atoms with E-state index in [1.807, 2.05) is 18.4 Å². The van der Waals surface area contributed by atoms with E-state index in [0.717, 1.165) is 4.90 Å². The zero-order valence-electron chi connectivity index (χ0n) is 8.65. The maximum atomic E-state index is 11.3. The minimum Gasteiger partial charge on any atom is -0.290 e. The molecule has 2 nitrogen and oxygen atoms in total. The van der Waals surface area contributed by atoms with Gasteiger partial charge in [0.25, 0.3) is 0 Å². The first-order chi connectivity index (χ1) is 7.22. The number of nitrogens with one attached hydrogen (secondary N) is 1. The monoisotopic (exact) mass is 259 g/mol. The Morgan fingerprint density at radius 3 is 2.60 bits per heavy atom. The Morgan fingerprint density at radius 2 is 2.00 bits per heavy atom. The standard InChI is InChI=1S/C10H13NOS3/c1-8-3-5-9(6-4-8)14-7-10(12)11-15-13-2/h3-6H,7H2,1-2H3,(H,11,12). The van der Waals surface area contributed by atoms with Crippen molar-refractivity contribution in [1.29, 1.82) is 0 Å². The smallest absolute Gasteiger partial charge is 0.240 e. The van der Waals surface area contributed by atoms with Gasteiger partial charge in [0.15, 0.2) is 0 Å². The van der Waals surface area contributed by atoms with E-state index in [0.29, 0.717) is 5.75 Å². The van der Waals surface area contributed by atoms with Gasteiger partial charge in [0, 0.05) is 15.9 Å². The van der Waals surface area contributed by atoms with Crippen molar-refractivity contribution in [3.63, 3.8) is 0 Å². The summed E-state index contributed by atoms with van der Waals surface area (Å²) in [5, 5.41) is 0. The van der Waals surface area contributed by atoms with Crippen molar-refractivity contribution < 1.29 is 4.79 Å². The first-order valence-electron chi connectivity index (χ1n) is 4.40. The minimum atomic E-state index is 0.0555. The summed E-state index contributed by atoms with van der Waals surface area (Å²) in [4.78, 5) is 12.4. The highest BCUT2D eigenvalue weighted by atomic mass is 33.1. The molecular weight excluding hydrogens is 246 g/mol. The van der Waals surface area contributed by atoms with E-state index >= 15 is 0 Å². The van der Waals surface area contributed by atoms with Gasteiger partial charge < -0.3 is 0 Å². The summed E-state index contributed by atoms with van der Waals surface area (Å²) in [6, 6.07) is 8.18. The molecule has 0 heterocycles. The van der Waals surface area contributed by atoms with E-state index in [2.05, 4.69) is 23.8 Å². The molecule has 1 aromatic rings. The first-order valence-corrected chi connectivity index (χ1v) is 7.94. The zero-order valence-corrected chi connectivity index (χ0v) is 11.1. The van der Waals surface area contributed by atoms with Crippen LogP contribution in [0.25, 0.3) is 0 Å². The van der Waals surface area contributed by atoms with Gasteiger partial charge in [-0.3, -0.25) is 9.52 Å². The molecule has 0 radical (unpaired) electrons. The molecule has 0 saturated heterocycles. The lowest BCUT2D eigenvalue weighted by Gasteiger charge is -2.02. The summed E-state index contributed by atoms with van der Waals surface area (Å²) >= 11 is 1.55. The molecule has 0 spiro atoms. The minimum absolute atomic E-state index is 0.0555. The number of benzene rings is 1. The van der Waals surface area contributed by atoms with Crippen LogP contribution < -0.4 is 4.72 Å². The highest BCUT2D eigenvalue weighted by Gasteiger charge is 2.01. The van der Waals surface area contributed by atoms with Gasteiger partial charge in [-0.25, -0.2) is 0 Å². The van der Waals surface area contributed by atoms with Crippen LogP contribution in [0.3, 0.4) is 0 Å². The normalized spacial score (nSPS) is 10.0. The number of amides is 1. The van der Waals surface area contributed by atoms with E-state index < -0.39 is 0 Å². The van der Waals surface area contributed by atoms with Crippen LogP contribution >= 0.6 is 33.5 Å². The number of hydrogen-bond acceptors (Lipinski definition) is 4. The molecular formula is C10H13NOS3. The van der Waals surface area contributed by atoms with Crippen LogP contribution in [0.2, 0.25) is 0 Å². The van der Waals surface area contributed by atoms with E-state index in [-0.39, 0.29) is 5.91 Å². The Labute approximate surface area is 103 Å². The molecule has 5 heteroatoms. The molecule has 0 aliphatic heterocycles. The molecule has 1 rings (SSSR count). The quantitative estimate of drug-likeness (QED) is 0.500. The van der Waals surface area contributed by atoms with Gasteiger partial charge in [0.05, 0.1) is 5.75 Å². The van der Waals surface area contributed by atoms with Crippen LogP contribution in [0.5, 0.6) is 0 Å². The molecule has 0 atom stereocenters. The van der Waals surface area contributed by atoms with E-state index in [1.54, 1.807) is 11.8 Å². The molecule has 15 heavy (non-hydrogen) atoms. The van der Waals surface area contributed by atoms with Gasteiger partial charge in [-0.05, 0) is 25.3 Å². The van der Waals surface area contributed by atoms with Gasteiger partial charge in [0.2, 0.25) is 5.91 Å². The molecule has 0 unspecified atom stereocenters. The van der Waals surface area contributed by atoms with Gasteiger partial charge in [0.1, 0.15) is 0 Å². The number of carbonyl (C=O) groups is 1. The van der Waals surface area contributed by atoms with Crippen molar-refractivity contribution in [1.82, 2.24) is 4.72 Å². The maximum absolute atomic E-state index is 11.3. The van der Waals surface area contributed by atoms with Gasteiger partial charge >= 0.3 is 0 Å². The fourth-order valence-corrected chi connectivity index (χ4v) is 2.47. The predicted molar refractivity (Wildman–Crippen MR) is 71.2 cm³/mol. The van der Waals surface area contributed by atoms with Crippen LogP contribution in [0.15, 0.2) is 29.2 Å². The molecule has 82 valence electrons. The summed E-state index contributed by atoms with van der Waals surface area (Å²) in [5.41, 5.74) is 1.24. The van der Waals surface area contributed by atoms with Crippen molar-refractivity contribution in [2.45, 2.75) is 11.8 Å². The van der Waals surface area contributed by atoms with Crippen molar-refractivity contribution in [3.05, 3.63) is 29.8 Å². The van der Waals surface area contributed by atoms with Crippen LogP contribution in [0.4, 0.5) is 0 Å². The topological polar surface area (TPSA) is 29.1 Å². The molecule has 0 aliphatic carbocycles. The fourth-order valence-electron chi connectivity index (χ4n) is 0.901. The highest BCUT2D eigenvalue weighted by Crippen LogP contribution is 2.19. The van der Waals surface area contributed by atoms with Crippen molar-refractivity contribution in [2.24, 2.45) is 0 Å². The van der Waals surface area contributed by atoms with Crippen LogP contribution in [-0.2, 0) is 4.79 Å². The lowest BCUT2D eigenvalue weighted by atomic mass is 10.2. The Morgan fingerprint density at radius 1 is 1.33 bits per heavy atom. The largest absolute Gasteiger partial charge is 0.290 e. The second-order valence-electron chi connectivity index (χ2n) is 2.88. The molecule has 0 aliphatic rings. The zero-order chi connectivity index (χ0) is 11.1. The SMILES string of the molecule is CSSNC(=O)CSc1ccc(C)cc1. The maximum Gasteiger partial charge on any atom is 0.240 e. The third kappa shape index (κ3) is 5.39. The van der Waals surface area contributed by atoms with Crippen molar-refractivity contribution >= 4 is 39.4 Å². The predicted octanol–water partition coefficient (Wildman–Crippen LogP) is 3.13. The van der Waals surface area contributed by atoms with Crippen LogP contribution in [-0.4, -0.2) is 17.9 Å². The van der Waals surface area contributed by atoms with E-state index in [9.17, 15) is 4.79 Å². The van der Waals surface area contributed by atoms with Gasteiger partial charge in [-0.1, -0.05) is 28.5 Å². The molecule has 1 amide bonds. The Balaban J connectivity index is 2.30. The summed E-state index contributed by atoms with van der Waals surface area (Å²) in [7, 11) is 2.89. The van der Waals surface area contributed by atoms with Crippen LogP contribution in [0.1, 0.15) is 5.56 Å². The second kappa shape index (κ2) is 7.09. The van der Waals surface area contributed by atoms with Gasteiger partial charge in [-0.15, -0.1) is 11.8 Å². The third-order valence-electron chi connectivity index (χ3n) is 1.63. The fraction of sp³-hybridized carbons (Fsp3) is 0.300. The Hall–Kier alpha value is -0.260. The average molecular weight is 259 g/mol. The number of carbonyl (C=O) groups excluding carboxylic acids is 1. The molecule has 0 fully saturated rings. The first kappa shape index (κ1) is 12.8. The second-order valence-corrected chi connectivity index (χ2v) is 6.13. The number of thioether (sulfide) groups is 1. The van der Waals surface area contributed by atoms with Crippen LogP contribution in [0, 0.1) is 6.92 Å². The lowest BCUT2D eigenvalue weighted by molar-refractivity contribution is -0.116. The molecule has 0 saturated carbocycles. The van der Waals surface area contributed by atoms with Crippen molar-refractivity contribution in [2.75, 3.05) is 12.0 Å². The molecule has 0 bridgehead atoms. The third-order valence-corrected chi connectivity index (χ3v) is 3.87. The molecule has 1 aromatic carbocycles. The lowest BCUT2D eigenvalue weighted by Crippen LogP contribution is -2.16. The Bertz CT molecular complexity index is 313. The number of hydrogen-bond donors (Lipinski definition) is 1. The Kier molecular flexibility index (Phi) is 6.05.